The van der Waals surface area contributed by atoms with Gasteiger partial charge in [0.2, 0.25) is 5.91 Å². The number of carbonyl (C=O) groups is 1. The van der Waals surface area contributed by atoms with Crippen LogP contribution in [0.5, 0.6) is 0 Å². The number of hydrogen-bond donors (Lipinski definition) is 1. The number of rotatable bonds is 4. The maximum Gasteiger partial charge on any atom is 0.240 e. The zero-order valence-electron chi connectivity index (χ0n) is 11.3. The van der Waals surface area contributed by atoms with Crippen LogP contribution in [0.4, 0.5) is 0 Å². The average Bonchev–Trinajstić information content (AvgIpc) is 2.88. The summed E-state index contributed by atoms with van der Waals surface area (Å²) in [4.78, 5) is 16.0. The van der Waals surface area contributed by atoms with Gasteiger partial charge in [-0.05, 0) is 42.0 Å². The fraction of sp³-hybridized carbons (Fsp3) is 0.125. The van der Waals surface area contributed by atoms with Gasteiger partial charge in [-0.15, -0.1) is 0 Å². The lowest BCUT2D eigenvalue weighted by Gasteiger charge is -2.07. The number of fused-ring (bicyclic) bond motifs is 1. The van der Waals surface area contributed by atoms with Crippen molar-refractivity contribution in [2.24, 2.45) is 0 Å². The van der Waals surface area contributed by atoms with Gasteiger partial charge in [0, 0.05) is 41.1 Å². The largest absolute Gasteiger partial charge is 0.350 e. The van der Waals surface area contributed by atoms with Crippen LogP contribution in [0.15, 0.2) is 55.0 Å². The van der Waals surface area contributed by atoms with E-state index in [1.54, 1.807) is 12.4 Å². The second-order valence-corrected chi connectivity index (χ2v) is 5.22. The molecule has 0 unspecified atom stereocenters. The van der Waals surface area contributed by atoms with E-state index in [0.29, 0.717) is 11.6 Å². The van der Waals surface area contributed by atoms with Gasteiger partial charge in [-0.1, -0.05) is 11.6 Å². The van der Waals surface area contributed by atoms with Crippen molar-refractivity contribution in [2.45, 2.75) is 13.1 Å². The van der Waals surface area contributed by atoms with Crippen molar-refractivity contribution in [3.8, 4) is 0 Å². The Labute approximate surface area is 127 Å². The number of hydrogen-bond acceptors (Lipinski definition) is 2. The van der Waals surface area contributed by atoms with Crippen LogP contribution in [0.1, 0.15) is 5.56 Å². The molecule has 0 radical (unpaired) electrons. The number of nitrogens with zero attached hydrogens (tertiary/aromatic N) is 2. The van der Waals surface area contributed by atoms with E-state index in [-0.39, 0.29) is 12.5 Å². The molecule has 106 valence electrons. The van der Waals surface area contributed by atoms with E-state index in [0.717, 1.165) is 16.5 Å². The summed E-state index contributed by atoms with van der Waals surface area (Å²) >= 11 is 5.96. The highest BCUT2D eigenvalue weighted by Crippen LogP contribution is 2.20. The summed E-state index contributed by atoms with van der Waals surface area (Å²) in [5.41, 5.74) is 2.03. The van der Waals surface area contributed by atoms with Crippen molar-refractivity contribution in [1.29, 1.82) is 0 Å². The molecule has 0 bridgehead atoms. The molecule has 5 heteroatoms. The third-order valence-electron chi connectivity index (χ3n) is 3.29. The molecule has 3 rings (SSSR count). The monoisotopic (exact) mass is 299 g/mol. The highest BCUT2D eigenvalue weighted by Gasteiger charge is 2.06. The molecule has 1 N–H and O–H groups in total. The molecule has 1 amide bonds. The molecule has 4 nitrogen and oxygen atoms in total. The molecule has 0 atom stereocenters. The van der Waals surface area contributed by atoms with Crippen molar-refractivity contribution in [3.63, 3.8) is 0 Å². The van der Waals surface area contributed by atoms with E-state index in [4.69, 9.17) is 11.6 Å². The number of pyridine rings is 1. The molecule has 0 aliphatic heterocycles. The van der Waals surface area contributed by atoms with Crippen LogP contribution in [0.25, 0.3) is 10.9 Å². The molecule has 0 aliphatic carbocycles. The predicted molar refractivity (Wildman–Crippen MR) is 83.0 cm³/mol. The van der Waals surface area contributed by atoms with Crippen molar-refractivity contribution in [3.05, 3.63) is 65.6 Å². The van der Waals surface area contributed by atoms with Gasteiger partial charge >= 0.3 is 0 Å². The molecule has 3 aromatic rings. The van der Waals surface area contributed by atoms with E-state index in [1.807, 2.05) is 47.2 Å². The number of halogens is 1. The molecule has 0 aliphatic rings. The summed E-state index contributed by atoms with van der Waals surface area (Å²) < 4.78 is 1.91. The molecule has 2 aromatic heterocycles. The van der Waals surface area contributed by atoms with E-state index in [9.17, 15) is 4.79 Å². The highest BCUT2D eigenvalue weighted by atomic mass is 35.5. The van der Waals surface area contributed by atoms with Crippen molar-refractivity contribution in [1.82, 2.24) is 14.9 Å². The van der Waals surface area contributed by atoms with Gasteiger partial charge in [-0.25, -0.2) is 0 Å². The van der Waals surface area contributed by atoms with Crippen molar-refractivity contribution < 1.29 is 4.79 Å². The minimum atomic E-state index is -0.0285. The van der Waals surface area contributed by atoms with Crippen LogP contribution < -0.4 is 5.32 Å². The topological polar surface area (TPSA) is 46.9 Å². The third kappa shape index (κ3) is 3.23. The second-order valence-electron chi connectivity index (χ2n) is 4.78. The molecule has 0 spiro atoms. The molecule has 0 fully saturated rings. The summed E-state index contributed by atoms with van der Waals surface area (Å²) in [6, 6.07) is 11.4. The Bertz CT molecular complexity index is 768. The lowest BCUT2D eigenvalue weighted by atomic mass is 10.2. The molecule has 1 aromatic carbocycles. The smallest absolute Gasteiger partial charge is 0.240 e. The second kappa shape index (κ2) is 5.97. The Morgan fingerprint density at radius 2 is 2.00 bits per heavy atom. The van der Waals surface area contributed by atoms with E-state index >= 15 is 0 Å². The third-order valence-corrected chi connectivity index (χ3v) is 3.52. The zero-order valence-corrected chi connectivity index (χ0v) is 12.0. The Balaban J connectivity index is 1.66. The van der Waals surface area contributed by atoms with E-state index in [2.05, 4.69) is 10.3 Å². The van der Waals surface area contributed by atoms with Crippen LogP contribution in [-0.2, 0) is 17.9 Å². The first kappa shape index (κ1) is 13.6. The summed E-state index contributed by atoms with van der Waals surface area (Å²) in [6.45, 7) is 0.794. The minimum Gasteiger partial charge on any atom is -0.350 e. The van der Waals surface area contributed by atoms with Crippen LogP contribution in [0.2, 0.25) is 5.02 Å². The van der Waals surface area contributed by atoms with Gasteiger partial charge in [0.1, 0.15) is 6.54 Å². The molecule has 2 heterocycles. The predicted octanol–water partition coefficient (Wildman–Crippen LogP) is 3.01. The van der Waals surface area contributed by atoms with Gasteiger partial charge in [-0.2, -0.15) is 0 Å². The molecule has 21 heavy (non-hydrogen) atoms. The van der Waals surface area contributed by atoms with Gasteiger partial charge in [-0.3, -0.25) is 9.78 Å². The Hall–Kier alpha value is -2.33. The lowest BCUT2D eigenvalue weighted by Crippen LogP contribution is -2.26. The van der Waals surface area contributed by atoms with Gasteiger partial charge < -0.3 is 9.88 Å². The first-order chi connectivity index (χ1) is 10.2. The number of amides is 1. The first-order valence-corrected chi connectivity index (χ1v) is 7.00. The maximum absolute atomic E-state index is 12.0. The molecular formula is C16H14ClN3O. The molecular weight excluding hydrogens is 286 g/mol. The Kier molecular flexibility index (Phi) is 3.88. The molecule has 0 saturated carbocycles. The van der Waals surface area contributed by atoms with Gasteiger partial charge in [0.25, 0.3) is 0 Å². The quantitative estimate of drug-likeness (QED) is 0.805. The Morgan fingerprint density at radius 3 is 2.81 bits per heavy atom. The van der Waals surface area contributed by atoms with Crippen LogP contribution in [0.3, 0.4) is 0 Å². The zero-order chi connectivity index (χ0) is 14.7. The lowest BCUT2D eigenvalue weighted by molar-refractivity contribution is -0.121. The molecule has 0 saturated heterocycles. The fourth-order valence-electron chi connectivity index (χ4n) is 2.22. The Morgan fingerprint density at radius 1 is 1.19 bits per heavy atom. The number of nitrogens with one attached hydrogen (secondary N) is 1. The highest BCUT2D eigenvalue weighted by molar-refractivity contribution is 6.31. The maximum atomic E-state index is 12.0. The van der Waals surface area contributed by atoms with Crippen molar-refractivity contribution >= 4 is 28.4 Å². The number of aromatic nitrogens is 2. The summed E-state index contributed by atoms with van der Waals surface area (Å²) in [5.74, 6) is -0.0285. The summed E-state index contributed by atoms with van der Waals surface area (Å²) in [6.07, 6.45) is 5.32. The minimum absolute atomic E-state index is 0.0285. The van der Waals surface area contributed by atoms with Crippen LogP contribution >= 0.6 is 11.6 Å². The summed E-state index contributed by atoms with van der Waals surface area (Å²) in [7, 11) is 0. The van der Waals surface area contributed by atoms with E-state index < -0.39 is 0 Å². The fourth-order valence-corrected chi connectivity index (χ4v) is 2.40. The normalized spacial score (nSPS) is 10.7. The van der Waals surface area contributed by atoms with Gasteiger partial charge in [0.15, 0.2) is 0 Å². The van der Waals surface area contributed by atoms with E-state index in [1.165, 1.54) is 0 Å². The standard InChI is InChI=1S/C16H14ClN3O/c17-14-1-2-15-13(9-14)5-8-20(15)11-16(21)19-10-12-3-6-18-7-4-12/h1-9H,10-11H2,(H,19,21). The van der Waals surface area contributed by atoms with Crippen LogP contribution in [-0.4, -0.2) is 15.5 Å². The average molecular weight is 300 g/mol. The van der Waals surface area contributed by atoms with Crippen molar-refractivity contribution in [2.75, 3.05) is 0 Å². The van der Waals surface area contributed by atoms with Crippen LogP contribution in [0, 0.1) is 0 Å². The number of benzene rings is 1. The SMILES string of the molecule is O=C(Cn1ccc2cc(Cl)ccc21)NCc1ccncc1. The first-order valence-electron chi connectivity index (χ1n) is 6.62. The number of carbonyl (C=O) groups excluding carboxylic acids is 1. The van der Waals surface area contributed by atoms with Gasteiger partial charge in [0.05, 0.1) is 0 Å². The summed E-state index contributed by atoms with van der Waals surface area (Å²) in [5, 5.41) is 4.63.